The molecule has 62 heavy (non-hydrogen) atoms. The van der Waals surface area contributed by atoms with E-state index in [0.29, 0.717) is 12.8 Å². The van der Waals surface area contributed by atoms with Gasteiger partial charge in [0.1, 0.15) is 12.7 Å². The molecule has 0 aliphatic carbocycles. The number of aliphatic carboxylic acids is 1. The van der Waals surface area contributed by atoms with Crippen LogP contribution in [0.15, 0.2) is 97.2 Å². The minimum atomic E-state index is -4.78. The highest BCUT2D eigenvalue weighted by atomic mass is 31.2. The maximum Gasteiger partial charge on any atom is 0.472 e. The van der Waals surface area contributed by atoms with Crippen LogP contribution in [-0.4, -0.2) is 64.9 Å². The molecule has 0 rings (SSSR count). The lowest BCUT2D eigenvalue weighted by atomic mass is 10.1. The Hall–Kier alpha value is -3.60. The molecule has 3 atom stereocenters. The standard InChI is InChI=1S/C50H82NO10P/c1-3-5-7-9-11-13-15-17-19-21-23-25-27-29-31-33-35-37-39-41-48(53)51-47(50(55)56)45-61-62(57,58)60-44-46(52)43-59-49(54)42-40-38-36-34-32-30-28-26-24-22-20-18-16-14-12-10-8-6-4-2/h6,8,11-14,17-20,24,26,30,32,36,38,46-47,52H,3-5,7,9-10,15-16,21-23,25,27-29,31,33-35,37,39-45H2,1-2H3,(H,51,53)(H,55,56)(H,57,58)/b8-6-,13-11-,14-12-,19-17-,20-18-,26-24-,32-30-,38-36-. The molecule has 0 aromatic carbocycles. The predicted molar refractivity (Wildman–Crippen MR) is 254 cm³/mol. The molecule has 0 aliphatic rings. The Labute approximate surface area is 374 Å². The monoisotopic (exact) mass is 888 g/mol. The summed E-state index contributed by atoms with van der Waals surface area (Å²) in [5.74, 6) is -2.48. The summed E-state index contributed by atoms with van der Waals surface area (Å²) in [6, 6.07) is -1.56. The van der Waals surface area contributed by atoms with E-state index in [1.807, 2.05) is 18.2 Å². The highest BCUT2D eigenvalue weighted by molar-refractivity contribution is 7.47. The Morgan fingerprint density at radius 2 is 0.952 bits per heavy atom. The predicted octanol–water partition coefficient (Wildman–Crippen LogP) is 12.4. The van der Waals surface area contributed by atoms with Gasteiger partial charge in [0, 0.05) is 12.8 Å². The normalized spacial score (nSPS) is 14.5. The van der Waals surface area contributed by atoms with Crippen LogP contribution < -0.4 is 5.32 Å². The molecule has 3 unspecified atom stereocenters. The van der Waals surface area contributed by atoms with Gasteiger partial charge in [0.05, 0.1) is 13.2 Å². The molecule has 4 N–H and O–H groups in total. The van der Waals surface area contributed by atoms with Crippen LogP contribution in [0.1, 0.15) is 168 Å². The molecule has 352 valence electrons. The van der Waals surface area contributed by atoms with Crippen molar-refractivity contribution < 1.29 is 47.8 Å². The minimum absolute atomic E-state index is 0.0937. The number of carboxylic acid groups (broad SMARTS) is 1. The quantitative estimate of drug-likeness (QED) is 0.0200. The number of unbranched alkanes of at least 4 members (excludes halogenated alkanes) is 12. The number of carbonyl (C=O) groups excluding carboxylic acids is 2. The molecule has 0 heterocycles. The van der Waals surface area contributed by atoms with Gasteiger partial charge in [-0.2, -0.15) is 0 Å². The Bertz CT molecular complexity index is 1410. The van der Waals surface area contributed by atoms with E-state index in [-0.39, 0.29) is 12.8 Å². The lowest BCUT2D eigenvalue weighted by molar-refractivity contribution is -0.147. The van der Waals surface area contributed by atoms with Crippen molar-refractivity contribution in [3.8, 4) is 0 Å². The zero-order chi connectivity index (χ0) is 45.6. The number of aliphatic hydroxyl groups excluding tert-OH is 1. The number of aliphatic hydroxyl groups is 1. The third-order valence-corrected chi connectivity index (χ3v) is 10.3. The van der Waals surface area contributed by atoms with Crippen LogP contribution in [-0.2, 0) is 32.7 Å². The van der Waals surface area contributed by atoms with Gasteiger partial charge in [-0.3, -0.25) is 18.6 Å². The first-order chi connectivity index (χ1) is 30.1. The summed E-state index contributed by atoms with van der Waals surface area (Å²) in [5.41, 5.74) is 0. The van der Waals surface area contributed by atoms with E-state index in [2.05, 4.69) is 98.2 Å². The first kappa shape index (κ1) is 58.4. The molecule has 0 fully saturated rings. The van der Waals surface area contributed by atoms with Crippen LogP contribution in [0.5, 0.6) is 0 Å². The highest BCUT2D eigenvalue weighted by Crippen LogP contribution is 2.43. The molecule has 0 aliphatic heterocycles. The largest absolute Gasteiger partial charge is 0.480 e. The van der Waals surface area contributed by atoms with Gasteiger partial charge < -0.3 is 25.2 Å². The first-order valence-electron chi connectivity index (χ1n) is 23.3. The van der Waals surface area contributed by atoms with E-state index in [9.17, 15) is 34.1 Å². The summed E-state index contributed by atoms with van der Waals surface area (Å²) in [6.07, 6.45) is 55.8. The van der Waals surface area contributed by atoms with E-state index >= 15 is 0 Å². The van der Waals surface area contributed by atoms with Crippen molar-refractivity contribution in [2.24, 2.45) is 0 Å². The molecule has 0 aromatic rings. The Morgan fingerprint density at radius 3 is 1.44 bits per heavy atom. The van der Waals surface area contributed by atoms with E-state index in [0.717, 1.165) is 77.0 Å². The number of esters is 1. The molecule has 0 radical (unpaired) electrons. The molecule has 11 nitrogen and oxygen atoms in total. The van der Waals surface area contributed by atoms with Gasteiger partial charge in [-0.05, 0) is 83.5 Å². The van der Waals surface area contributed by atoms with Gasteiger partial charge in [-0.25, -0.2) is 9.36 Å². The third-order valence-electron chi connectivity index (χ3n) is 9.37. The summed E-state index contributed by atoms with van der Waals surface area (Å²) in [7, 11) is -4.78. The van der Waals surface area contributed by atoms with Gasteiger partial charge >= 0.3 is 19.8 Å². The van der Waals surface area contributed by atoms with E-state index in [1.54, 1.807) is 0 Å². The van der Waals surface area contributed by atoms with Crippen LogP contribution in [0, 0.1) is 0 Å². The molecule has 0 bridgehead atoms. The zero-order valence-corrected chi connectivity index (χ0v) is 39.0. The number of nitrogens with one attached hydrogen (secondary N) is 1. The summed E-state index contributed by atoms with van der Waals surface area (Å²) in [5, 5.41) is 21.9. The lowest BCUT2D eigenvalue weighted by Crippen LogP contribution is -2.43. The summed E-state index contributed by atoms with van der Waals surface area (Å²) >= 11 is 0. The van der Waals surface area contributed by atoms with Crippen molar-refractivity contribution >= 4 is 25.7 Å². The van der Waals surface area contributed by atoms with Gasteiger partial charge in [0.25, 0.3) is 0 Å². The minimum Gasteiger partial charge on any atom is -0.480 e. The van der Waals surface area contributed by atoms with Gasteiger partial charge in [-0.15, -0.1) is 0 Å². The number of allylic oxidation sites excluding steroid dienone is 16. The van der Waals surface area contributed by atoms with Gasteiger partial charge in [-0.1, -0.05) is 169 Å². The average Bonchev–Trinajstić information content (AvgIpc) is 3.25. The topological polar surface area (TPSA) is 169 Å². The number of phosphoric ester groups is 1. The molecule has 0 saturated carbocycles. The number of hydrogen-bond donors (Lipinski definition) is 4. The number of carboxylic acids is 1. The summed E-state index contributed by atoms with van der Waals surface area (Å²) in [6.45, 7) is 2.37. The second-order valence-corrected chi connectivity index (χ2v) is 16.7. The fraction of sp³-hybridized carbons (Fsp3) is 0.620. The number of phosphoric acid groups is 1. The van der Waals surface area contributed by atoms with E-state index in [4.69, 9.17) is 13.8 Å². The number of ether oxygens (including phenoxy) is 1. The van der Waals surface area contributed by atoms with Crippen molar-refractivity contribution in [3.05, 3.63) is 97.2 Å². The second kappa shape index (κ2) is 44.0. The SMILES string of the molecule is CC/C=C\C/C=C\C/C=C\C/C=C\C/C=C\C/C=C\CCC(=O)OCC(O)COP(=O)(O)OCC(NC(=O)CCCCCCCCCCC/C=C\C/C=C\CCCCC)C(=O)O. The van der Waals surface area contributed by atoms with Gasteiger partial charge in [0.15, 0.2) is 6.04 Å². The van der Waals surface area contributed by atoms with Crippen molar-refractivity contribution in [1.29, 1.82) is 0 Å². The van der Waals surface area contributed by atoms with Crippen molar-refractivity contribution in [2.75, 3.05) is 19.8 Å². The second-order valence-electron chi connectivity index (χ2n) is 15.2. The maximum atomic E-state index is 12.3. The maximum absolute atomic E-state index is 12.3. The van der Waals surface area contributed by atoms with Crippen LogP contribution >= 0.6 is 7.82 Å². The van der Waals surface area contributed by atoms with E-state index in [1.165, 1.54) is 51.4 Å². The smallest absolute Gasteiger partial charge is 0.472 e. The van der Waals surface area contributed by atoms with Crippen LogP contribution in [0.3, 0.4) is 0 Å². The van der Waals surface area contributed by atoms with Gasteiger partial charge in [0.2, 0.25) is 5.91 Å². The Balaban J connectivity index is 3.99. The summed E-state index contributed by atoms with van der Waals surface area (Å²) in [4.78, 5) is 46.0. The van der Waals surface area contributed by atoms with E-state index < -0.39 is 57.6 Å². The van der Waals surface area contributed by atoms with Crippen molar-refractivity contribution in [1.82, 2.24) is 5.32 Å². The molecule has 1 amide bonds. The molecule has 0 saturated heterocycles. The molecule has 12 heteroatoms. The number of hydrogen-bond acceptors (Lipinski definition) is 8. The lowest BCUT2D eigenvalue weighted by Gasteiger charge is -2.18. The fourth-order valence-corrected chi connectivity index (χ4v) is 6.55. The van der Waals surface area contributed by atoms with Crippen molar-refractivity contribution in [3.63, 3.8) is 0 Å². The van der Waals surface area contributed by atoms with Crippen LogP contribution in [0.4, 0.5) is 0 Å². The third kappa shape index (κ3) is 43.1. The molecule has 0 aromatic heterocycles. The Morgan fingerprint density at radius 1 is 0.532 bits per heavy atom. The Kier molecular flexibility index (Phi) is 41.5. The molecular formula is C50H82NO10P. The number of carbonyl (C=O) groups is 3. The summed E-state index contributed by atoms with van der Waals surface area (Å²) < 4.78 is 26.8. The molecule has 0 spiro atoms. The number of rotatable bonds is 42. The molecular weight excluding hydrogens is 806 g/mol. The highest BCUT2D eigenvalue weighted by Gasteiger charge is 2.28. The van der Waals surface area contributed by atoms with Crippen LogP contribution in [0.25, 0.3) is 0 Å². The average molecular weight is 888 g/mol. The first-order valence-corrected chi connectivity index (χ1v) is 24.8. The fourth-order valence-electron chi connectivity index (χ4n) is 5.78. The number of amides is 1. The van der Waals surface area contributed by atoms with Crippen molar-refractivity contribution in [2.45, 2.75) is 180 Å². The zero-order valence-electron chi connectivity index (χ0n) is 38.1. The van der Waals surface area contributed by atoms with Crippen LogP contribution in [0.2, 0.25) is 0 Å².